The van der Waals surface area contributed by atoms with Gasteiger partial charge in [0.25, 0.3) is 0 Å². The van der Waals surface area contributed by atoms with Crippen LogP contribution in [0.15, 0.2) is 42.5 Å². The van der Waals surface area contributed by atoms with Crippen LogP contribution in [-0.2, 0) is 6.61 Å². The minimum atomic E-state index is -0.356. The molecule has 0 amide bonds. The molecule has 0 saturated carbocycles. The smallest absolute Gasteiger partial charge is 0.124 e. The molecule has 17 heavy (non-hydrogen) atoms. The fourth-order valence-corrected chi connectivity index (χ4v) is 1.68. The molecule has 0 bridgehead atoms. The number of rotatable bonds is 3. The number of hydrogen-bond acceptors (Lipinski definition) is 1. The van der Waals surface area contributed by atoms with Gasteiger partial charge < -0.3 is 4.74 Å². The van der Waals surface area contributed by atoms with Crippen molar-refractivity contribution in [2.75, 3.05) is 0 Å². The third-order valence-corrected chi connectivity index (χ3v) is 2.83. The summed E-state index contributed by atoms with van der Waals surface area (Å²) in [6, 6.07) is 11.2. The summed E-state index contributed by atoms with van der Waals surface area (Å²) in [5.74, 6) is 0.333. The minimum Gasteiger partial charge on any atom is -0.489 e. The Morgan fingerprint density at radius 2 is 1.71 bits per heavy atom. The average molecular weight is 271 g/mol. The molecule has 0 atom stereocenters. The maximum Gasteiger partial charge on any atom is 0.124 e. The van der Waals surface area contributed by atoms with Gasteiger partial charge in [0.1, 0.15) is 18.2 Å². The predicted octanol–water partition coefficient (Wildman–Crippen LogP) is 4.71. The number of hydrogen-bond donors (Lipinski definition) is 0. The second-order valence-corrected chi connectivity index (χ2v) is 4.32. The Kier molecular flexibility index (Phi) is 3.87. The molecule has 0 aliphatic heterocycles. The van der Waals surface area contributed by atoms with Gasteiger partial charge in [-0.15, -0.1) is 0 Å². The summed E-state index contributed by atoms with van der Waals surface area (Å²) >= 11 is 11.6. The molecule has 0 spiro atoms. The molecule has 1 nitrogen and oxygen atoms in total. The lowest BCUT2D eigenvalue weighted by Gasteiger charge is -2.07. The van der Waals surface area contributed by atoms with E-state index in [1.807, 2.05) is 0 Å². The highest BCUT2D eigenvalue weighted by Gasteiger charge is 2.03. The Balaban J connectivity index is 2.04. The van der Waals surface area contributed by atoms with Gasteiger partial charge in [0.15, 0.2) is 0 Å². The van der Waals surface area contributed by atoms with E-state index in [4.69, 9.17) is 27.9 Å². The van der Waals surface area contributed by atoms with E-state index in [1.54, 1.807) is 30.3 Å². The fourth-order valence-electron chi connectivity index (χ4n) is 1.33. The summed E-state index contributed by atoms with van der Waals surface area (Å²) < 4.78 is 18.3. The second-order valence-electron chi connectivity index (χ2n) is 3.48. The lowest BCUT2D eigenvalue weighted by molar-refractivity contribution is 0.306. The molecule has 0 heterocycles. The molecule has 2 aromatic rings. The maximum atomic E-state index is 12.8. The third-order valence-electron chi connectivity index (χ3n) is 2.22. The average Bonchev–Trinajstić information content (AvgIpc) is 2.30. The Bertz CT molecular complexity index is 511. The SMILES string of the molecule is Fc1ccc(COc2ccc(Cl)cc2)c(Cl)c1. The molecule has 2 rings (SSSR count). The first-order valence-corrected chi connectivity index (χ1v) is 5.73. The van der Waals surface area contributed by atoms with Crippen LogP contribution in [0.1, 0.15) is 5.56 Å². The summed E-state index contributed by atoms with van der Waals surface area (Å²) in [5, 5.41) is 1.01. The third kappa shape index (κ3) is 3.35. The Morgan fingerprint density at radius 3 is 2.35 bits per heavy atom. The van der Waals surface area contributed by atoms with Crippen molar-refractivity contribution in [3.8, 4) is 5.75 Å². The molecule has 0 aromatic heterocycles. The van der Waals surface area contributed by atoms with Gasteiger partial charge in [-0.05, 0) is 36.4 Å². The highest BCUT2D eigenvalue weighted by atomic mass is 35.5. The molecule has 2 aromatic carbocycles. The van der Waals surface area contributed by atoms with Crippen LogP contribution >= 0.6 is 23.2 Å². The van der Waals surface area contributed by atoms with E-state index in [9.17, 15) is 4.39 Å². The molecular weight excluding hydrogens is 262 g/mol. The van der Waals surface area contributed by atoms with Crippen LogP contribution in [0.3, 0.4) is 0 Å². The van der Waals surface area contributed by atoms with E-state index in [2.05, 4.69) is 0 Å². The zero-order chi connectivity index (χ0) is 12.3. The molecule has 0 aliphatic rings. The predicted molar refractivity (Wildman–Crippen MR) is 67.2 cm³/mol. The van der Waals surface area contributed by atoms with E-state index < -0.39 is 0 Å². The summed E-state index contributed by atoms with van der Waals surface area (Å²) in [6.07, 6.45) is 0. The van der Waals surface area contributed by atoms with Crippen molar-refractivity contribution >= 4 is 23.2 Å². The molecule has 0 N–H and O–H groups in total. The topological polar surface area (TPSA) is 9.23 Å². The van der Waals surface area contributed by atoms with Gasteiger partial charge >= 0.3 is 0 Å². The lowest BCUT2D eigenvalue weighted by Crippen LogP contribution is -1.96. The summed E-state index contributed by atoms with van der Waals surface area (Å²) in [7, 11) is 0. The van der Waals surface area contributed by atoms with Crippen molar-refractivity contribution in [3.63, 3.8) is 0 Å². The fraction of sp³-hybridized carbons (Fsp3) is 0.0769. The Labute approximate surface area is 109 Å². The standard InChI is InChI=1S/C13H9Cl2FO/c14-10-2-5-12(6-3-10)17-8-9-1-4-11(16)7-13(9)15/h1-7H,8H2. The van der Waals surface area contributed by atoms with Gasteiger partial charge in [0.2, 0.25) is 0 Å². The molecule has 4 heteroatoms. The molecule has 0 radical (unpaired) electrons. The van der Waals surface area contributed by atoms with Gasteiger partial charge in [0.05, 0.1) is 5.02 Å². The highest BCUT2D eigenvalue weighted by molar-refractivity contribution is 6.31. The van der Waals surface area contributed by atoms with Crippen LogP contribution in [0.2, 0.25) is 10.0 Å². The highest BCUT2D eigenvalue weighted by Crippen LogP contribution is 2.21. The van der Waals surface area contributed by atoms with Crippen molar-refractivity contribution < 1.29 is 9.13 Å². The normalized spacial score (nSPS) is 10.3. The molecular formula is C13H9Cl2FO. The van der Waals surface area contributed by atoms with Crippen molar-refractivity contribution in [3.05, 3.63) is 63.9 Å². The van der Waals surface area contributed by atoms with Crippen LogP contribution in [0.25, 0.3) is 0 Å². The van der Waals surface area contributed by atoms with Gasteiger partial charge in [0, 0.05) is 10.6 Å². The Hall–Kier alpha value is -1.25. The zero-order valence-electron chi connectivity index (χ0n) is 8.79. The van der Waals surface area contributed by atoms with Gasteiger partial charge in [-0.25, -0.2) is 4.39 Å². The number of ether oxygens (including phenoxy) is 1. The second kappa shape index (κ2) is 5.39. The van der Waals surface area contributed by atoms with Crippen LogP contribution in [-0.4, -0.2) is 0 Å². The van der Waals surface area contributed by atoms with Crippen LogP contribution < -0.4 is 4.74 Å². The van der Waals surface area contributed by atoms with Crippen molar-refractivity contribution in [2.45, 2.75) is 6.61 Å². The van der Waals surface area contributed by atoms with E-state index >= 15 is 0 Å². The first-order chi connectivity index (χ1) is 8.15. The lowest BCUT2D eigenvalue weighted by atomic mass is 10.2. The molecule has 0 fully saturated rings. The summed E-state index contributed by atoms with van der Waals surface area (Å²) in [5.41, 5.74) is 0.739. The molecule has 88 valence electrons. The van der Waals surface area contributed by atoms with E-state index in [0.717, 1.165) is 5.56 Å². The van der Waals surface area contributed by atoms with E-state index in [0.29, 0.717) is 22.4 Å². The van der Waals surface area contributed by atoms with E-state index in [1.165, 1.54) is 12.1 Å². The van der Waals surface area contributed by atoms with Gasteiger partial charge in [-0.3, -0.25) is 0 Å². The van der Waals surface area contributed by atoms with Crippen LogP contribution in [0.4, 0.5) is 4.39 Å². The van der Waals surface area contributed by atoms with Crippen molar-refractivity contribution in [1.29, 1.82) is 0 Å². The summed E-state index contributed by atoms with van der Waals surface area (Å²) in [4.78, 5) is 0. The van der Waals surface area contributed by atoms with E-state index in [-0.39, 0.29) is 5.82 Å². The van der Waals surface area contributed by atoms with Crippen molar-refractivity contribution in [1.82, 2.24) is 0 Å². The molecule has 0 unspecified atom stereocenters. The first kappa shape index (κ1) is 12.2. The summed E-state index contributed by atoms with van der Waals surface area (Å²) in [6.45, 7) is 0.292. The van der Waals surface area contributed by atoms with Crippen LogP contribution in [0, 0.1) is 5.82 Å². The maximum absolute atomic E-state index is 12.8. The molecule has 0 aliphatic carbocycles. The van der Waals surface area contributed by atoms with Gasteiger partial charge in [-0.1, -0.05) is 29.3 Å². The quantitative estimate of drug-likeness (QED) is 0.785. The number of halogens is 3. The largest absolute Gasteiger partial charge is 0.489 e. The molecule has 0 saturated heterocycles. The number of benzene rings is 2. The van der Waals surface area contributed by atoms with Crippen LogP contribution in [0.5, 0.6) is 5.75 Å². The Morgan fingerprint density at radius 1 is 1.00 bits per heavy atom. The van der Waals surface area contributed by atoms with Crippen molar-refractivity contribution in [2.24, 2.45) is 0 Å². The monoisotopic (exact) mass is 270 g/mol. The minimum absolute atomic E-state index is 0.292. The zero-order valence-corrected chi connectivity index (χ0v) is 10.3. The van der Waals surface area contributed by atoms with Gasteiger partial charge in [-0.2, -0.15) is 0 Å². The first-order valence-electron chi connectivity index (χ1n) is 4.97.